The molecule has 0 aliphatic carbocycles. The van der Waals surface area contributed by atoms with Crippen LogP contribution in [0.3, 0.4) is 0 Å². The summed E-state index contributed by atoms with van der Waals surface area (Å²) in [7, 11) is 2.90. The Morgan fingerprint density at radius 3 is 2.57 bits per heavy atom. The van der Waals surface area contributed by atoms with Crippen molar-refractivity contribution in [3.8, 4) is 0 Å². The number of aryl methyl sites for hydroxylation is 1. The van der Waals surface area contributed by atoms with Crippen molar-refractivity contribution < 1.29 is 9.59 Å². The quantitative estimate of drug-likeness (QED) is 0.630. The molecule has 0 aromatic carbocycles. The molecule has 10 nitrogen and oxygen atoms in total. The molecule has 0 saturated carbocycles. The molecule has 1 amide bonds. The van der Waals surface area contributed by atoms with Gasteiger partial charge in [-0.2, -0.15) is 0 Å². The van der Waals surface area contributed by atoms with Crippen LogP contribution < -0.4 is 11.2 Å². The van der Waals surface area contributed by atoms with E-state index in [1.807, 2.05) is 0 Å². The van der Waals surface area contributed by atoms with Gasteiger partial charge in [0.25, 0.3) is 11.5 Å². The van der Waals surface area contributed by atoms with E-state index in [2.05, 4.69) is 9.97 Å². The lowest BCUT2D eigenvalue weighted by Gasteiger charge is -2.13. The van der Waals surface area contributed by atoms with Crippen molar-refractivity contribution in [3.05, 3.63) is 50.7 Å². The number of aromatic nitrogens is 5. The molecule has 4 rings (SSSR count). The van der Waals surface area contributed by atoms with Crippen molar-refractivity contribution in [1.29, 1.82) is 0 Å². The minimum atomic E-state index is -0.512. The van der Waals surface area contributed by atoms with Crippen LogP contribution in [-0.4, -0.2) is 53.3 Å². The predicted molar refractivity (Wildman–Crippen MR) is 100 cm³/mol. The zero-order chi connectivity index (χ0) is 20.0. The van der Waals surface area contributed by atoms with E-state index in [1.165, 1.54) is 41.8 Å². The number of nitrogens with one attached hydrogen (secondary N) is 1. The monoisotopic (exact) mass is 384 g/mol. The normalized spacial score (nSPS) is 14.1. The molecule has 1 saturated heterocycles. The van der Waals surface area contributed by atoms with Crippen LogP contribution in [0.15, 0.2) is 28.2 Å². The Morgan fingerprint density at radius 2 is 1.86 bits per heavy atom. The van der Waals surface area contributed by atoms with Crippen LogP contribution >= 0.6 is 0 Å². The van der Waals surface area contributed by atoms with Gasteiger partial charge in [0.2, 0.25) is 0 Å². The van der Waals surface area contributed by atoms with E-state index in [4.69, 9.17) is 0 Å². The van der Waals surface area contributed by atoms with Gasteiger partial charge in [-0.1, -0.05) is 0 Å². The van der Waals surface area contributed by atoms with E-state index in [1.54, 1.807) is 4.90 Å². The van der Waals surface area contributed by atoms with Gasteiger partial charge in [0, 0.05) is 38.9 Å². The maximum Gasteiger partial charge on any atom is 0.332 e. The molecule has 1 N–H and O–H groups in total. The summed E-state index contributed by atoms with van der Waals surface area (Å²) < 4.78 is 3.67. The average molecular weight is 384 g/mol. The molecule has 28 heavy (non-hydrogen) atoms. The Morgan fingerprint density at radius 1 is 1.14 bits per heavy atom. The first-order valence-corrected chi connectivity index (χ1v) is 9.00. The summed E-state index contributed by atoms with van der Waals surface area (Å²) in [5.74, 6) is -0.388. The standard InChI is InChI=1S/C18H20N6O4/c1-21-15-14(17(27)22(2)18(21)28)24(10-20-15)9-13(25)11-7-12(19-8-11)16(26)23-5-3-4-6-23/h7-8,10,19H,3-6,9H2,1-2H3. The molecule has 3 aromatic rings. The number of rotatable bonds is 4. The van der Waals surface area contributed by atoms with Crippen LogP contribution in [-0.2, 0) is 20.6 Å². The topological polar surface area (TPSA) is 115 Å². The van der Waals surface area contributed by atoms with Crippen LogP contribution in [0, 0.1) is 0 Å². The molecule has 0 bridgehead atoms. The Balaban J connectivity index is 1.62. The number of carbonyl (C=O) groups excluding carboxylic acids is 2. The van der Waals surface area contributed by atoms with Crippen molar-refractivity contribution >= 4 is 22.9 Å². The van der Waals surface area contributed by atoms with E-state index in [0.717, 1.165) is 30.5 Å². The first-order chi connectivity index (χ1) is 13.4. The van der Waals surface area contributed by atoms with Crippen LogP contribution in [0.5, 0.6) is 0 Å². The summed E-state index contributed by atoms with van der Waals surface area (Å²) in [5.41, 5.74) is 0.138. The highest BCUT2D eigenvalue weighted by molar-refractivity contribution is 6.00. The number of Topliss-reactive ketones (excluding diaryl/α,β-unsaturated/α-hetero) is 1. The molecular formula is C18H20N6O4. The third-order valence-corrected chi connectivity index (χ3v) is 5.16. The SMILES string of the molecule is Cn1c(=O)c2c(ncn2CC(=O)c2c[nH]c(C(=O)N3CCCC3)c2)n(C)c1=O. The van der Waals surface area contributed by atoms with Crippen molar-refractivity contribution in [1.82, 2.24) is 28.6 Å². The van der Waals surface area contributed by atoms with Crippen molar-refractivity contribution in [2.24, 2.45) is 14.1 Å². The summed E-state index contributed by atoms with van der Waals surface area (Å²) in [4.78, 5) is 58.3. The van der Waals surface area contributed by atoms with Gasteiger partial charge >= 0.3 is 5.69 Å². The van der Waals surface area contributed by atoms with E-state index >= 15 is 0 Å². The van der Waals surface area contributed by atoms with Gasteiger partial charge < -0.3 is 14.5 Å². The zero-order valence-corrected chi connectivity index (χ0v) is 15.6. The Hall–Kier alpha value is -3.43. The van der Waals surface area contributed by atoms with Crippen LogP contribution in [0.1, 0.15) is 33.7 Å². The maximum atomic E-state index is 12.7. The first kappa shape index (κ1) is 18.0. The summed E-state index contributed by atoms with van der Waals surface area (Å²) in [6.45, 7) is 1.33. The van der Waals surface area contributed by atoms with Crippen LogP contribution in [0.25, 0.3) is 11.2 Å². The van der Waals surface area contributed by atoms with Gasteiger partial charge in [-0.25, -0.2) is 9.78 Å². The number of H-pyrrole nitrogens is 1. The lowest BCUT2D eigenvalue weighted by Crippen LogP contribution is -2.37. The summed E-state index contributed by atoms with van der Waals surface area (Å²) in [6.07, 6.45) is 4.85. The first-order valence-electron chi connectivity index (χ1n) is 9.00. The van der Waals surface area contributed by atoms with Crippen molar-refractivity contribution in [2.45, 2.75) is 19.4 Å². The number of ketones is 1. The highest BCUT2D eigenvalue weighted by atomic mass is 16.2. The summed E-state index contributed by atoms with van der Waals surface area (Å²) in [6, 6.07) is 1.54. The molecule has 0 atom stereocenters. The largest absolute Gasteiger partial charge is 0.356 e. The lowest BCUT2D eigenvalue weighted by atomic mass is 10.2. The number of hydrogen-bond donors (Lipinski definition) is 1. The molecule has 0 spiro atoms. The summed E-state index contributed by atoms with van der Waals surface area (Å²) in [5, 5.41) is 0. The molecule has 146 valence electrons. The van der Waals surface area contributed by atoms with Gasteiger partial charge in [-0.05, 0) is 18.9 Å². The van der Waals surface area contributed by atoms with Gasteiger partial charge in [0.05, 0.1) is 12.9 Å². The van der Waals surface area contributed by atoms with E-state index in [9.17, 15) is 19.2 Å². The second-order valence-electron chi connectivity index (χ2n) is 6.97. The second kappa shape index (κ2) is 6.63. The molecule has 1 aliphatic heterocycles. The average Bonchev–Trinajstić information content (AvgIpc) is 3.44. The number of nitrogens with zero attached hydrogens (tertiary/aromatic N) is 5. The van der Waals surface area contributed by atoms with E-state index < -0.39 is 11.2 Å². The zero-order valence-electron chi connectivity index (χ0n) is 15.6. The second-order valence-corrected chi connectivity index (χ2v) is 6.97. The number of aromatic amines is 1. The van der Waals surface area contributed by atoms with E-state index in [-0.39, 0.29) is 29.4 Å². The molecule has 10 heteroatoms. The molecule has 0 radical (unpaired) electrons. The number of hydrogen-bond acceptors (Lipinski definition) is 5. The number of likely N-dealkylation sites (tertiary alicyclic amines) is 1. The number of fused-ring (bicyclic) bond motifs is 1. The highest BCUT2D eigenvalue weighted by Gasteiger charge is 2.22. The summed E-state index contributed by atoms with van der Waals surface area (Å²) >= 11 is 0. The van der Waals surface area contributed by atoms with Gasteiger partial charge in [0.15, 0.2) is 16.9 Å². The lowest BCUT2D eigenvalue weighted by molar-refractivity contribution is 0.0787. The van der Waals surface area contributed by atoms with Gasteiger partial charge in [0.1, 0.15) is 5.69 Å². The molecule has 1 fully saturated rings. The Labute approximate surface area is 159 Å². The van der Waals surface area contributed by atoms with E-state index in [0.29, 0.717) is 11.3 Å². The fourth-order valence-electron chi connectivity index (χ4n) is 3.53. The third kappa shape index (κ3) is 2.77. The number of amides is 1. The van der Waals surface area contributed by atoms with Crippen molar-refractivity contribution in [2.75, 3.05) is 13.1 Å². The Kier molecular flexibility index (Phi) is 4.25. The van der Waals surface area contributed by atoms with Gasteiger partial charge in [-0.15, -0.1) is 0 Å². The van der Waals surface area contributed by atoms with Crippen LogP contribution in [0.4, 0.5) is 0 Å². The third-order valence-electron chi connectivity index (χ3n) is 5.16. The fourth-order valence-corrected chi connectivity index (χ4v) is 3.53. The molecule has 3 aromatic heterocycles. The molecule has 4 heterocycles. The maximum absolute atomic E-state index is 12.7. The van der Waals surface area contributed by atoms with Crippen molar-refractivity contribution in [3.63, 3.8) is 0 Å². The minimum absolute atomic E-state index is 0.117. The van der Waals surface area contributed by atoms with Crippen LogP contribution in [0.2, 0.25) is 0 Å². The number of imidazole rings is 1. The fraction of sp³-hybridized carbons (Fsp3) is 0.389. The van der Waals surface area contributed by atoms with Gasteiger partial charge in [-0.3, -0.25) is 23.5 Å². The highest BCUT2D eigenvalue weighted by Crippen LogP contribution is 2.14. The molecule has 0 unspecified atom stereocenters. The Bertz CT molecular complexity index is 1210. The number of carbonyl (C=O) groups is 2. The molecule has 1 aliphatic rings. The smallest absolute Gasteiger partial charge is 0.332 e. The molecular weight excluding hydrogens is 364 g/mol. The predicted octanol–water partition coefficient (Wildman–Crippen LogP) is -0.119. The minimum Gasteiger partial charge on any atom is -0.356 e.